The summed E-state index contributed by atoms with van der Waals surface area (Å²) in [6.07, 6.45) is 9.04. The van der Waals surface area contributed by atoms with E-state index in [-0.39, 0.29) is 0 Å². The van der Waals surface area contributed by atoms with Crippen LogP contribution in [-0.4, -0.2) is 40.1 Å². The van der Waals surface area contributed by atoms with E-state index < -0.39 is 0 Å². The molecular weight excluding hydrogens is 396 g/mol. The molecule has 0 fully saturated rings. The second-order valence-electron chi connectivity index (χ2n) is 7.09. The van der Waals surface area contributed by atoms with Crippen LogP contribution in [0.1, 0.15) is 0 Å². The van der Waals surface area contributed by atoms with E-state index in [2.05, 4.69) is 48.3 Å². The lowest BCUT2D eigenvalue weighted by Crippen LogP contribution is -1.83. The number of aromatic nitrogens is 8. The van der Waals surface area contributed by atoms with Crippen LogP contribution < -0.4 is 0 Å². The second-order valence-corrected chi connectivity index (χ2v) is 8.18. The summed E-state index contributed by atoms with van der Waals surface area (Å²) in [6.45, 7) is 0. The molecule has 5 aromatic heterocycles. The summed E-state index contributed by atoms with van der Waals surface area (Å²) in [7, 11) is 0. The largest absolute Gasteiger partial charge is 0.346 e. The molecule has 0 aliphatic carbocycles. The zero-order valence-corrected chi connectivity index (χ0v) is 16.2. The molecule has 0 radical (unpaired) electrons. The van der Waals surface area contributed by atoms with Gasteiger partial charge in [0.25, 0.3) is 0 Å². The van der Waals surface area contributed by atoms with Gasteiger partial charge in [-0.3, -0.25) is 25.1 Å². The predicted octanol–water partition coefficient (Wildman–Crippen LogP) is 4.70. The fourth-order valence-electron chi connectivity index (χ4n) is 3.81. The van der Waals surface area contributed by atoms with Gasteiger partial charge >= 0.3 is 0 Å². The lowest BCUT2D eigenvalue weighted by atomic mass is 10.1. The first-order chi connectivity index (χ1) is 14.8. The highest BCUT2D eigenvalue weighted by molar-refractivity contribution is 7.23. The van der Waals surface area contributed by atoms with E-state index in [0.717, 1.165) is 59.1 Å². The molecule has 8 bridgehead atoms. The van der Waals surface area contributed by atoms with E-state index >= 15 is 0 Å². The average molecular weight is 408 g/mol. The molecule has 3 N–H and O–H groups in total. The third-order valence-electron chi connectivity index (χ3n) is 5.23. The quantitative estimate of drug-likeness (QED) is 0.337. The van der Waals surface area contributed by atoms with Gasteiger partial charge in [0.1, 0.15) is 16.7 Å². The van der Waals surface area contributed by atoms with Crippen LogP contribution in [0.3, 0.4) is 0 Å². The minimum atomic E-state index is 0.624. The smallest absolute Gasteiger partial charge is 0.179 e. The third kappa shape index (κ3) is 2.23. The number of nitrogens with zero attached hydrogens (tertiary/aromatic N) is 5. The van der Waals surface area contributed by atoms with Crippen molar-refractivity contribution in [3.63, 3.8) is 0 Å². The van der Waals surface area contributed by atoms with Gasteiger partial charge < -0.3 is 4.98 Å². The van der Waals surface area contributed by atoms with Gasteiger partial charge in [0.2, 0.25) is 0 Å². The van der Waals surface area contributed by atoms with E-state index in [4.69, 9.17) is 9.97 Å². The summed E-state index contributed by atoms with van der Waals surface area (Å²) in [5, 5.41) is 8.27. The van der Waals surface area contributed by atoms with Crippen molar-refractivity contribution in [3.8, 4) is 11.3 Å². The Morgan fingerprint density at radius 3 is 2.80 bits per heavy atom. The van der Waals surface area contributed by atoms with Crippen LogP contribution in [0.5, 0.6) is 0 Å². The number of pyridine rings is 3. The maximum absolute atomic E-state index is 4.87. The van der Waals surface area contributed by atoms with Crippen molar-refractivity contribution in [1.82, 2.24) is 40.1 Å². The number of hydrogen-bond acceptors (Lipinski definition) is 6. The molecule has 30 heavy (non-hydrogen) atoms. The molecule has 8 nitrogen and oxygen atoms in total. The molecule has 7 rings (SSSR count). The molecule has 0 atom stereocenters. The first-order valence-electron chi connectivity index (χ1n) is 9.33. The molecule has 0 aromatic carbocycles. The highest BCUT2D eigenvalue weighted by atomic mass is 32.1. The average Bonchev–Trinajstić information content (AvgIpc) is 3.50. The zero-order valence-electron chi connectivity index (χ0n) is 15.3. The van der Waals surface area contributed by atoms with Gasteiger partial charge in [0.05, 0.1) is 40.0 Å². The Labute approximate surface area is 171 Å². The van der Waals surface area contributed by atoms with Crippen LogP contribution in [0, 0.1) is 0 Å². The number of aromatic amines is 3. The summed E-state index contributed by atoms with van der Waals surface area (Å²) in [5.41, 5.74) is 6.63. The number of rotatable bonds is 0. The molecule has 0 amide bonds. The van der Waals surface area contributed by atoms with E-state index in [1.165, 1.54) is 0 Å². The predicted molar refractivity (Wildman–Crippen MR) is 118 cm³/mol. The minimum absolute atomic E-state index is 0.624. The van der Waals surface area contributed by atoms with Crippen molar-refractivity contribution >= 4 is 64.9 Å². The molecular formula is C21H12N8S. The lowest BCUT2D eigenvalue weighted by Gasteiger charge is -1.98. The minimum Gasteiger partial charge on any atom is -0.346 e. The van der Waals surface area contributed by atoms with Crippen LogP contribution in [-0.2, 0) is 0 Å². The second kappa shape index (κ2) is 5.71. The zero-order chi connectivity index (χ0) is 19.7. The van der Waals surface area contributed by atoms with E-state index in [1.54, 1.807) is 17.5 Å². The molecule has 2 aliphatic heterocycles. The van der Waals surface area contributed by atoms with Gasteiger partial charge in [0.15, 0.2) is 5.65 Å². The van der Waals surface area contributed by atoms with E-state index in [0.29, 0.717) is 5.65 Å². The van der Waals surface area contributed by atoms with Crippen LogP contribution in [0.25, 0.3) is 64.8 Å². The summed E-state index contributed by atoms with van der Waals surface area (Å²) < 4.78 is 1.08. The van der Waals surface area contributed by atoms with E-state index in [9.17, 15) is 0 Å². The summed E-state index contributed by atoms with van der Waals surface area (Å²) in [6, 6.07) is 8.21. The van der Waals surface area contributed by atoms with Gasteiger partial charge in [-0.05, 0) is 24.3 Å². The Bertz CT molecular complexity index is 1770. The standard InChI is InChI=1S/C21H12N8S/c1-2-18-25-11-3-10(5-22-6-11)14-4-12-15(9-24-14)28-29-20(12)21-26-16-8-23-7-13(17(1)30-18)19(16)27-21/h1-9,25,28-29H. The van der Waals surface area contributed by atoms with Crippen LogP contribution >= 0.6 is 11.3 Å². The molecule has 142 valence electrons. The number of thiophene rings is 1. The third-order valence-corrected chi connectivity index (χ3v) is 6.27. The van der Waals surface area contributed by atoms with Gasteiger partial charge in [-0.2, -0.15) is 0 Å². The van der Waals surface area contributed by atoms with Crippen molar-refractivity contribution < 1.29 is 0 Å². The van der Waals surface area contributed by atoms with Crippen molar-refractivity contribution in [2.24, 2.45) is 0 Å². The lowest BCUT2D eigenvalue weighted by molar-refractivity contribution is 1.12. The fraction of sp³-hybridized carbons (Fsp3) is 0. The maximum Gasteiger partial charge on any atom is 0.179 e. The number of imidazole rings is 1. The topological polar surface area (TPSA) is 112 Å². The SMILES string of the molecule is c1ncc2cc1[nH]c1ccc(s1)c1cncc3nc(nc31)c1[nH][nH]c3cnc2cc3-1. The highest BCUT2D eigenvalue weighted by Crippen LogP contribution is 2.31. The summed E-state index contributed by atoms with van der Waals surface area (Å²) in [5.74, 6) is 0. The first kappa shape index (κ1) is 15.8. The van der Waals surface area contributed by atoms with Crippen molar-refractivity contribution in [2.75, 3.05) is 0 Å². The van der Waals surface area contributed by atoms with Crippen molar-refractivity contribution in [3.05, 3.63) is 55.2 Å². The number of hydrogen-bond donors (Lipinski definition) is 3. The Morgan fingerprint density at radius 1 is 0.833 bits per heavy atom. The molecule has 2 aliphatic rings. The van der Waals surface area contributed by atoms with Gasteiger partial charge in [0, 0.05) is 33.4 Å². The molecule has 0 unspecified atom stereocenters. The maximum atomic E-state index is 4.87. The van der Waals surface area contributed by atoms with Gasteiger partial charge in [-0.15, -0.1) is 11.3 Å². The molecule has 9 heteroatoms. The number of fused-ring (bicyclic) bond motifs is 9. The Morgan fingerprint density at radius 2 is 1.80 bits per heavy atom. The molecule has 0 saturated carbocycles. The fourth-order valence-corrected chi connectivity index (χ4v) is 4.75. The Kier molecular flexibility index (Phi) is 3.00. The molecule has 0 saturated heterocycles. The molecule has 0 spiro atoms. The summed E-state index contributed by atoms with van der Waals surface area (Å²) in [4.78, 5) is 27.5. The van der Waals surface area contributed by atoms with Gasteiger partial charge in [-0.1, -0.05) is 0 Å². The van der Waals surface area contributed by atoms with Crippen molar-refractivity contribution in [2.45, 2.75) is 0 Å². The molecule has 5 aromatic rings. The van der Waals surface area contributed by atoms with Crippen LogP contribution in [0.15, 0.2) is 55.2 Å². The van der Waals surface area contributed by atoms with Gasteiger partial charge in [-0.25, -0.2) is 9.97 Å². The van der Waals surface area contributed by atoms with Crippen molar-refractivity contribution in [1.29, 1.82) is 0 Å². The molecule has 7 heterocycles. The van der Waals surface area contributed by atoms with Crippen LogP contribution in [0.4, 0.5) is 0 Å². The number of nitrogens with one attached hydrogen (secondary N) is 3. The Hall–Kier alpha value is -4.11. The van der Waals surface area contributed by atoms with Crippen LogP contribution in [0.2, 0.25) is 0 Å². The highest BCUT2D eigenvalue weighted by Gasteiger charge is 2.14. The van der Waals surface area contributed by atoms with E-state index in [1.807, 2.05) is 30.9 Å². The Balaban J connectivity index is 1.75. The first-order valence-corrected chi connectivity index (χ1v) is 10.1. The number of H-pyrrole nitrogens is 3. The normalized spacial score (nSPS) is 12.0. The summed E-state index contributed by atoms with van der Waals surface area (Å²) >= 11 is 1.64. The monoisotopic (exact) mass is 408 g/mol.